The van der Waals surface area contributed by atoms with Crippen LogP contribution in [-0.2, 0) is 21.4 Å². The Morgan fingerprint density at radius 1 is 1.17 bits per heavy atom. The molecule has 2 aromatic carbocycles. The first-order valence-corrected chi connectivity index (χ1v) is 8.43. The van der Waals surface area contributed by atoms with Crippen molar-refractivity contribution in [1.82, 2.24) is 5.32 Å². The Morgan fingerprint density at radius 3 is 2.42 bits per heavy atom. The van der Waals surface area contributed by atoms with Gasteiger partial charge in [-0.1, -0.05) is 52.3 Å². The number of rotatable bonds is 6. The molecule has 0 radical (unpaired) electrons. The Kier molecular flexibility index (Phi) is 5.78. The van der Waals surface area contributed by atoms with Gasteiger partial charge >= 0.3 is 5.97 Å². The van der Waals surface area contributed by atoms with Crippen LogP contribution < -0.4 is 5.32 Å². The van der Waals surface area contributed by atoms with Crippen LogP contribution in [0.4, 0.5) is 0 Å². The van der Waals surface area contributed by atoms with Gasteiger partial charge in [-0.05, 0) is 42.7 Å². The summed E-state index contributed by atoms with van der Waals surface area (Å²) in [5.74, 6) is -1.15. The first kappa shape index (κ1) is 18.2. The monoisotopic (exact) mass is 389 g/mol. The molecule has 0 heterocycles. The number of carboxylic acid groups (broad SMARTS) is 1. The number of hydrogen-bond donors (Lipinski definition) is 2. The SMILES string of the molecule is Cc1cc(Br)ccc1CC(=O)NCC(C)(C(=O)O)c1ccccc1. The Morgan fingerprint density at radius 2 is 1.83 bits per heavy atom. The molecule has 0 aliphatic rings. The Labute approximate surface area is 150 Å². The highest BCUT2D eigenvalue weighted by molar-refractivity contribution is 9.10. The van der Waals surface area contributed by atoms with Gasteiger partial charge in [0.1, 0.15) is 5.41 Å². The van der Waals surface area contributed by atoms with Crippen LogP contribution in [0.15, 0.2) is 53.0 Å². The summed E-state index contributed by atoms with van der Waals surface area (Å²) < 4.78 is 0.965. The maximum Gasteiger partial charge on any atom is 0.315 e. The van der Waals surface area contributed by atoms with Crippen molar-refractivity contribution >= 4 is 27.8 Å². The minimum atomic E-state index is -1.16. The molecule has 0 spiro atoms. The first-order valence-electron chi connectivity index (χ1n) is 7.63. The average Bonchev–Trinajstić information content (AvgIpc) is 2.56. The molecule has 2 rings (SSSR count). The lowest BCUT2D eigenvalue weighted by Crippen LogP contribution is -2.44. The maximum atomic E-state index is 12.2. The molecule has 5 heteroatoms. The number of carbonyl (C=O) groups is 2. The molecule has 0 aliphatic carbocycles. The summed E-state index contributed by atoms with van der Waals surface area (Å²) in [6, 6.07) is 14.7. The average molecular weight is 390 g/mol. The lowest BCUT2D eigenvalue weighted by atomic mass is 9.82. The van der Waals surface area contributed by atoms with E-state index in [0.29, 0.717) is 5.56 Å². The summed E-state index contributed by atoms with van der Waals surface area (Å²) in [5.41, 5.74) is 1.44. The predicted molar refractivity (Wildman–Crippen MR) is 97.0 cm³/mol. The third kappa shape index (κ3) is 4.23. The molecule has 1 unspecified atom stereocenters. The molecule has 0 bridgehead atoms. The molecule has 0 saturated heterocycles. The van der Waals surface area contributed by atoms with E-state index in [9.17, 15) is 14.7 Å². The molecule has 1 atom stereocenters. The van der Waals surface area contributed by atoms with E-state index in [1.54, 1.807) is 31.2 Å². The quantitative estimate of drug-likeness (QED) is 0.794. The Balaban J connectivity index is 2.07. The number of carbonyl (C=O) groups excluding carboxylic acids is 1. The van der Waals surface area contributed by atoms with Gasteiger partial charge in [0.05, 0.1) is 6.42 Å². The molecule has 0 saturated carbocycles. The van der Waals surface area contributed by atoms with Crippen molar-refractivity contribution in [3.05, 3.63) is 69.7 Å². The van der Waals surface area contributed by atoms with Crippen molar-refractivity contribution < 1.29 is 14.7 Å². The number of amides is 1. The van der Waals surface area contributed by atoms with E-state index in [2.05, 4.69) is 21.2 Å². The van der Waals surface area contributed by atoms with Crippen molar-refractivity contribution in [1.29, 1.82) is 0 Å². The summed E-state index contributed by atoms with van der Waals surface area (Å²) in [6.45, 7) is 3.61. The second-order valence-electron chi connectivity index (χ2n) is 6.03. The van der Waals surface area contributed by atoms with Gasteiger partial charge in [0.2, 0.25) is 5.91 Å². The standard InChI is InChI=1S/C19H20BrNO3/c1-13-10-16(20)9-8-14(13)11-17(22)21-12-19(2,18(23)24)15-6-4-3-5-7-15/h3-10H,11-12H2,1-2H3,(H,21,22)(H,23,24). The molecule has 24 heavy (non-hydrogen) atoms. The summed E-state index contributed by atoms with van der Waals surface area (Å²) in [5, 5.41) is 12.4. The van der Waals surface area contributed by atoms with Gasteiger partial charge in [0.15, 0.2) is 0 Å². The zero-order chi connectivity index (χ0) is 17.7. The van der Waals surface area contributed by atoms with Crippen LogP contribution in [0.5, 0.6) is 0 Å². The van der Waals surface area contributed by atoms with Gasteiger partial charge in [-0.3, -0.25) is 9.59 Å². The van der Waals surface area contributed by atoms with E-state index >= 15 is 0 Å². The molecular weight excluding hydrogens is 370 g/mol. The molecule has 0 aromatic heterocycles. The zero-order valence-corrected chi connectivity index (χ0v) is 15.3. The van der Waals surface area contributed by atoms with Crippen LogP contribution in [0, 0.1) is 6.92 Å². The van der Waals surface area contributed by atoms with Crippen LogP contribution in [0.2, 0.25) is 0 Å². The third-order valence-electron chi connectivity index (χ3n) is 4.18. The largest absolute Gasteiger partial charge is 0.481 e. The fourth-order valence-corrected chi connectivity index (χ4v) is 2.95. The van der Waals surface area contributed by atoms with Crippen molar-refractivity contribution in [2.24, 2.45) is 0 Å². The third-order valence-corrected chi connectivity index (χ3v) is 4.67. The van der Waals surface area contributed by atoms with Crippen molar-refractivity contribution in [2.45, 2.75) is 25.7 Å². The molecule has 2 aromatic rings. The van der Waals surface area contributed by atoms with E-state index < -0.39 is 11.4 Å². The normalized spacial score (nSPS) is 13.1. The van der Waals surface area contributed by atoms with Crippen LogP contribution in [0.1, 0.15) is 23.6 Å². The fourth-order valence-electron chi connectivity index (χ4n) is 2.48. The molecule has 126 valence electrons. The van der Waals surface area contributed by atoms with Gasteiger partial charge in [-0.25, -0.2) is 0 Å². The number of nitrogens with one attached hydrogen (secondary N) is 1. The summed E-state index contributed by atoms with van der Waals surface area (Å²) in [6.07, 6.45) is 0.226. The number of carboxylic acids is 1. The number of hydrogen-bond acceptors (Lipinski definition) is 2. The highest BCUT2D eigenvalue weighted by Gasteiger charge is 2.35. The summed E-state index contributed by atoms with van der Waals surface area (Å²) >= 11 is 3.40. The minimum absolute atomic E-state index is 0.0424. The summed E-state index contributed by atoms with van der Waals surface area (Å²) in [7, 11) is 0. The van der Waals surface area contributed by atoms with Gasteiger partial charge < -0.3 is 10.4 Å². The van der Waals surface area contributed by atoms with Crippen LogP contribution in [-0.4, -0.2) is 23.5 Å². The van der Waals surface area contributed by atoms with Gasteiger partial charge in [0, 0.05) is 11.0 Å². The van der Waals surface area contributed by atoms with Gasteiger partial charge in [0.25, 0.3) is 0 Å². The van der Waals surface area contributed by atoms with Crippen LogP contribution in [0.25, 0.3) is 0 Å². The van der Waals surface area contributed by atoms with Gasteiger partial charge in [-0.2, -0.15) is 0 Å². The minimum Gasteiger partial charge on any atom is -0.481 e. The second kappa shape index (κ2) is 7.62. The molecule has 2 N–H and O–H groups in total. The highest BCUT2D eigenvalue weighted by atomic mass is 79.9. The zero-order valence-electron chi connectivity index (χ0n) is 13.7. The van der Waals surface area contributed by atoms with E-state index in [-0.39, 0.29) is 18.9 Å². The van der Waals surface area contributed by atoms with Gasteiger partial charge in [-0.15, -0.1) is 0 Å². The predicted octanol–water partition coefficient (Wildman–Crippen LogP) is 3.46. The van der Waals surface area contributed by atoms with E-state index in [1.165, 1.54) is 0 Å². The summed E-state index contributed by atoms with van der Waals surface area (Å²) in [4.78, 5) is 24.0. The van der Waals surface area contributed by atoms with Crippen LogP contribution >= 0.6 is 15.9 Å². The van der Waals surface area contributed by atoms with Crippen molar-refractivity contribution in [2.75, 3.05) is 6.54 Å². The Hall–Kier alpha value is -2.14. The molecule has 1 amide bonds. The van der Waals surface area contributed by atoms with Crippen molar-refractivity contribution in [3.8, 4) is 0 Å². The van der Waals surface area contributed by atoms with Crippen molar-refractivity contribution in [3.63, 3.8) is 0 Å². The van der Waals surface area contributed by atoms with E-state index in [4.69, 9.17) is 0 Å². The first-order chi connectivity index (χ1) is 11.3. The number of aryl methyl sites for hydroxylation is 1. The lowest BCUT2D eigenvalue weighted by molar-refractivity contribution is -0.143. The fraction of sp³-hybridized carbons (Fsp3) is 0.263. The number of benzene rings is 2. The molecule has 4 nitrogen and oxygen atoms in total. The molecule has 0 aliphatic heterocycles. The highest BCUT2D eigenvalue weighted by Crippen LogP contribution is 2.23. The molecule has 0 fully saturated rings. The molecular formula is C19H20BrNO3. The number of halogens is 1. The Bertz CT molecular complexity index is 746. The number of aliphatic carboxylic acids is 1. The van der Waals surface area contributed by atoms with Crippen LogP contribution in [0.3, 0.4) is 0 Å². The smallest absolute Gasteiger partial charge is 0.315 e. The van der Waals surface area contributed by atoms with E-state index in [0.717, 1.165) is 15.6 Å². The topological polar surface area (TPSA) is 66.4 Å². The lowest BCUT2D eigenvalue weighted by Gasteiger charge is -2.25. The van der Waals surface area contributed by atoms with E-state index in [1.807, 2.05) is 31.2 Å². The maximum absolute atomic E-state index is 12.2. The second-order valence-corrected chi connectivity index (χ2v) is 6.94.